The second kappa shape index (κ2) is 7.05. The van der Waals surface area contributed by atoms with Gasteiger partial charge in [-0.2, -0.15) is 9.50 Å². The topological polar surface area (TPSA) is 87.0 Å². The molecule has 144 valence electrons. The van der Waals surface area contributed by atoms with Crippen molar-refractivity contribution in [3.05, 3.63) is 59.2 Å². The Morgan fingerprint density at radius 1 is 1.11 bits per heavy atom. The molecule has 1 atom stereocenters. The van der Waals surface area contributed by atoms with Gasteiger partial charge >= 0.3 is 0 Å². The van der Waals surface area contributed by atoms with Gasteiger partial charge in [0.25, 0.3) is 0 Å². The van der Waals surface area contributed by atoms with Crippen LogP contribution in [0.25, 0.3) is 16.5 Å². The van der Waals surface area contributed by atoms with E-state index < -0.39 is 0 Å². The molecule has 0 radical (unpaired) electrons. The van der Waals surface area contributed by atoms with Crippen LogP contribution in [0, 0.1) is 0 Å². The molecule has 0 bridgehead atoms. The third-order valence-electron chi connectivity index (χ3n) is 5.17. The normalized spacial score (nSPS) is 17.3. The highest BCUT2D eigenvalue weighted by atomic mass is 32.1. The van der Waals surface area contributed by atoms with E-state index in [1.54, 1.807) is 18.4 Å². The second-order valence-corrected chi connectivity index (χ2v) is 7.99. The fourth-order valence-corrected chi connectivity index (χ4v) is 4.86. The molecular weight excluding hydrogens is 376 g/mol. The lowest BCUT2D eigenvalue weighted by Crippen LogP contribution is -2.38. The van der Waals surface area contributed by atoms with Crippen LogP contribution in [0.2, 0.25) is 0 Å². The zero-order valence-electron chi connectivity index (χ0n) is 15.1. The number of piperidine rings is 1. The quantitative estimate of drug-likeness (QED) is 0.550. The molecule has 7 nitrogen and oxygen atoms in total. The maximum atomic E-state index is 11.0. The molecule has 4 heterocycles. The molecule has 1 fully saturated rings. The minimum absolute atomic E-state index is 0.102. The van der Waals surface area contributed by atoms with E-state index in [0.29, 0.717) is 16.5 Å². The van der Waals surface area contributed by atoms with Gasteiger partial charge in [-0.1, -0.05) is 41.7 Å². The first-order valence-corrected chi connectivity index (χ1v) is 10.1. The van der Waals surface area contributed by atoms with Crippen LogP contribution in [0.15, 0.2) is 53.1 Å². The Labute approximate surface area is 165 Å². The van der Waals surface area contributed by atoms with Crippen LogP contribution < -0.4 is 0 Å². The van der Waals surface area contributed by atoms with Crippen LogP contribution in [-0.2, 0) is 0 Å². The Kier molecular flexibility index (Phi) is 4.38. The van der Waals surface area contributed by atoms with E-state index in [0.717, 1.165) is 36.4 Å². The molecule has 0 saturated carbocycles. The predicted molar refractivity (Wildman–Crippen MR) is 105 cm³/mol. The molecule has 0 aliphatic carbocycles. The van der Waals surface area contributed by atoms with Crippen molar-refractivity contribution in [3.8, 4) is 17.5 Å². The highest BCUT2D eigenvalue weighted by Crippen LogP contribution is 2.41. The summed E-state index contributed by atoms with van der Waals surface area (Å²) in [6, 6.07) is 13.6. The molecule has 1 aromatic carbocycles. The standard InChI is InChI=1S/C20H20N4O3S/c25-14-8-10-23(11-9-14)16(13-5-2-1-3-6-13)17-19(26)24-20(28-17)21-18(22-24)15-7-4-12-27-15/h1-7,12,14,16,25-26H,8-11H2/t16-/m0/s1. The van der Waals surface area contributed by atoms with Gasteiger partial charge in [0.05, 0.1) is 23.3 Å². The van der Waals surface area contributed by atoms with Crippen LogP contribution >= 0.6 is 11.3 Å². The van der Waals surface area contributed by atoms with E-state index >= 15 is 0 Å². The van der Waals surface area contributed by atoms with Gasteiger partial charge in [-0.05, 0) is 30.5 Å². The number of benzene rings is 1. The van der Waals surface area contributed by atoms with Crippen LogP contribution in [0.1, 0.15) is 29.3 Å². The van der Waals surface area contributed by atoms with Crippen LogP contribution in [0.4, 0.5) is 0 Å². The molecule has 3 aromatic heterocycles. The lowest BCUT2D eigenvalue weighted by atomic mass is 9.99. The Morgan fingerprint density at radius 3 is 2.57 bits per heavy atom. The number of rotatable bonds is 4. The van der Waals surface area contributed by atoms with Gasteiger partial charge in [0.2, 0.25) is 16.7 Å². The van der Waals surface area contributed by atoms with Crippen molar-refractivity contribution in [2.75, 3.05) is 13.1 Å². The molecule has 2 N–H and O–H groups in total. The Bertz CT molecular complexity index is 1070. The number of likely N-dealkylation sites (tertiary alicyclic amines) is 1. The monoisotopic (exact) mass is 396 g/mol. The van der Waals surface area contributed by atoms with Gasteiger partial charge in [-0.25, -0.2) is 0 Å². The summed E-state index contributed by atoms with van der Waals surface area (Å²) in [6.07, 6.45) is 2.78. The SMILES string of the molecule is Oc1c([C@H](c2ccccc2)N2CCC(O)CC2)sc2nc(-c3ccco3)nn12. The summed E-state index contributed by atoms with van der Waals surface area (Å²) in [6.45, 7) is 1.54. The summed E-state index contributed by atoms with van der Waals surface area (Å²) in [5.41, 5.74) is 1.10. The predicted octanol–water partition coefficient (Wildman–Crippen LogP) is 3.30. The number of aromatic hydroxyl groups is 1. The van der Waals surface area contributed by atoms with Crippen LogP contribution in [0.3, 0.4) is 0 Å². The molecule has 1 aliphatic heterocycles. The van der Waals surface area contributed by atoms with Gasteiger partial charge in [-0.15, -0.1) is 5.10 Å². The average molecular weight is 396 g/mol. The van der Waals surface area contributed by atoms with E-state index in [4.69, 9.17) is 4.42 Å². The summed E-state index contributed by atoms with van der Waals surface area (Å²) < 4.78 is 6.84. The number of aromatic nitrogens is 3. The molecule has 0 spiro atoms. The molecule has 0 unspecified atom stereocenters. The minimum atomic E-state index is -0.251. The summed E-state index contributed by atoms with van der Waals surface area (Å²) >= 11 is 1.43. The molecule has 1 aliphatic rings. The van der Waals surface area contributed by atoms with Gasteiger partial charge in [0.15, 0.2) is 5.76 Å². The lowest BCUT2D eigenvalue weighted by Gasteiger charge is -2.36. The summed E-state index contributed by atoms with van der Waals surface area (Å²) in [5.74, 6) is 1.13. The molecule has 28 heavy (non-hydrogen) atoms. The van der Waals surface area contributed by atoms with Crippen molar-refractivity contribution in [2.45, 2.75) is 25.0 Å². The van der Waals surface area contributed by atoms with Crippen molar-refractivity contribution in [1.29, 1.82) is 0 Å². The highest BCUT2D eigenvalue weighted by Gasteiger charge is 2.32. The third kappa shape index (κ3) is 2.99. The zero-order valence-corrected chi connectivity index (χ0v) is 15.9. The van der Waals surface area contributed by atoms with E-state index in [-0.39, 0.29) is 18.0 Å². The maximum Gasteiger partial charge on any atom is 0.230 e. The average Bonchev–Trinajstić information content (AvgIpc) is 3.43. The van der Waals surface area contributed by atoms with Crippen molar-refractivity contribution in [3.63, 3.8) is 0 Å². The van der Waals surface area contributed by atoms with Crippen LogP contribution in [-0.4, -0.2) is 48.9 Å². The Balaban J connectivity index is 1.57. The molecule has 1 saturated heterocycles. The summed E-state index contributed by atoms with van der Waals surface area (Å²) in [7, 11) is 0. The molecular formula is C20H20N4O3S. The summed E-state index contributed by atoms with van der Waals surface area (Å²) in [4.78, 5) is 8.27. The highest BCUT2D eigenvalue weighted by molar-refractivity contribution is 7.17. The summed E-state index contributed by atoms with van der Waals surface area (Å²) in [5, 5.41) is 25.3. The number of aliphatic hydroxyl groups excluding tert-OH is 1. The van der Waals surface area contributed by atoms with Gasteiger partial charge in [0, 0.05) is 13.1 Å². The van der Waals surface area contributed by atoms with E-state index in [1.807, 2.05) is 18.2 Å². The molecule has 4 aromatic rings. The first kappa shape index (κ1) is 17.4. The second-order valence-electron chi connectivity index (χ2n) is 6.98. The Morgan fingerprint density at radius 2 is 1.89 bits per heavy atom. The van der Waals surface area contributed by atoms with Gasteiger partial charge in [-0.3, -0.25) is 4.90 Å². The zero-order chi connectivity index (χ0) is 19.1. The van der Waals surface area contributed by atoms with E-state index in [1.165, 1.54) is 15.9 Å². The van der Waals surface area contributed by atoms with Gasteiger partial charge in [0.1, 0.15) is 0 Å². The number of hydrogen-bond acceptors (Lipinski definition) is 7. The number of nitrogens with zero attached hydrogens (tertiary/aromatic N) is 4. The lowest BCUT2D eigenvalue weighted by molar-refractivity contribution is 0.0689. The number of aliphatic hydroxyl groups is 1. The largest absolute Gasteiger partial charge is 0.492 e. The van der Waals surface area contributed by atoms with Crippen molar-refractivity contribution in [2.24, 2.45) is 0 Å². The fourth-order valence-electron chi connectivity index (χ4n) is 3.75. The van der Waals surface area contributed by atoms with E-state index in [2.05, 4.69) is 27.1 Å². The molecule has 0 amide bonds. The van der Waals surface area contributed by atoms with Gasteiger partial charge < -0.3 is 14.6 Å². The fraction of sp³-hybridized carbons (Fsp3) is 0.300. The first-order chi connectivity index (χ1) is 13.7. The van der Waals surface area contributed by atoms with Crippen molar-refractivity contribution < 1.29 is 14.6 Å². The number of thiazole rings is 1. The minimum Gasteiger partial charge on any atom is -0.492 e. The maximum absolute atomic E-state index is 11.0. The molecule has 5 rings (SSSR count). The first-order valence-electron chi connectivity index (χ1n) is 9.30. The van der Waals surface area contributed by atoms with Crippen LogP contribution in [0.5, 0.6) is 5.88 Å². The van der Waals surface area contributed by atoms with E-state index in [9.17, 15) is 10.2 Å². The Hall–Kier alpha value is -2.68. The number of fused-ring (bicyclic) bond motifs is 1. The van der Waals surface area contributed by atoms with Crippen molar-refractivity contribution >= 4 is 16.3 Å². The van der Waals surface area contributed by atoms with Crippen molar-refractivity contribution in [1.82, 2.24) is 19.5 Å². The smallest absolute Gasteiger partial charge is 0.230 e. The third-order valence-corrected chi connectivity index (χ3v) is 6.24. The molecule has 8 heteroatoms. The number of hydrogen-bond donors (Lipinski definition) is 2. The number of furan rings is 1.